The predicted molar refractivity (Wildman–Crippen MR) is 82.1 cm³/mol. The second-order valence-electron chi connectivity index (χ2n) is 6.50. The van der Waals surface area contributed by atoms with E-state index in [0.717, 1.165) is 12.8 Å². The highest BCUT2D eigenvalue weighted by Crippen LogP contribution is 2.23. The van der Waals surface area contributed by atoms with Crippen LogP contribution in [0, 0.1) is 0 Å². The van der Waals surface area contributed by atoms with Crippen LogP contribution in [0.15, 0.2) is 6.20 Å². The lowest BCUT2D eigenvalue weighted by molar-refractivity contribution is 0.0184. The van der Waals surface area contributed by atoms with E-state index in [1.54, 1.807) is 22.7 Å². The van der Waals surface area contributed by atoms with Gasteiger partial charge >= 0.3 is 12.1 Å². The molecule has 23 heavy (non-hydrogen) atoms. The van der Waals surface area contributed by atoms with E-state index in [1.807, 2.05) is 20.8 Å². The molecule has 1 aromatic rings. The standard InChI is InChI=1S/C15H24N4O4/c1-5-22-13(20)12-10-19(17-16-12)11-6-8-18(9-7-11)14(21)23-15(2,3)4/h10-11H,5-9H2,1-4H3. The average molecular weight is 324 g/mol. The molecule has 0 atom stereocenters. The van der Waals surface area contributed by atoms with Gasteiger partial charge in [-0.2, -0.15) is 0 Å². The van der Waals surface area contributed by atoms with Gasteiger partial charge in [0, 0.05) is 13.1 Å². The smallest absolute Gasteiger partial charge is 0.410 e. The number of hydrogen-bond donors (Lipinski definition) is 0. The molecule has 1 amide bonds. The van der Waals surface area contributed by atoms with E-state index >= 15 is 0 Å². The molecule has 0 N–H and O–H groups in total. The van der Waals surface area contributed by atoms with Crippen LogP contribution in [0.1, 0.15) is 57.1 Å². The van der Waals surface area contributed by atoms with E-state index in [1.165, 1.54) is 0 Å². The van der Waals surface area contributed by atoms with Gasteiger partial charge in [0.15, 0.2) is 5.69 Å². The van der Waals surface area contributed by atoms with Gasteiger partial charge < -0.3 is 14.4 Å². The number of hydrogen-bond acceptors (Lipinski definition) is 6. The molecule has 0 aromatic carbocycles. The Morgan fingerprint density at radius 3 is 2.52 bits per heavy atom. The number of nitrogens with zero attached hydrogens (tertiary/aromatic N) is 4. The highest BCUT2D eigenvalue weighted by molar-refractivity contribution is 5.86. The Hall–Kier alpha value is -2.12. The molecule has 2 heterocycles. The van der Waals surface area contributed by atoms with Crippen LogP contribution in [0.5, 0.6) is 0 Å². The number of rotatable bonds is 3. The first-order valence-electron chi connectivity index (χ1n) is 7.87. The maximum atomic E-state index is 12.0. The molecule has 0 aliphatic carbocycles. The minimum atomic E-state index is -0.492. The van der Waals surface area contributed by atoms with Gasteiger partial charge in [0.25, 0.3) is 0 Å². The third kappa shape index (κ3) is 4.67. The van der Waals surface area contributed by atoms with Crippen LogP contribution in [0.4, 0.5) is 4.79 Å². The summed E-state index contributed by atoms with van der Waals surface area (Å²) in [5.41, 5.74) is -0.282. The summed E-state index contributed by atoms with van der Waals surface area (Å²) in [7, 11) is 0. The lowest BCUT2D eigenvalue weighted by Crippen LogP contribution is -2.42. The molecule has 0 unspecified atom stereocenters. The first-order chi connectivity index (χ1) is 10.8. The second kappa shape index (κ2) is 6.97. The number of aromatic nitrogens is 3. The second-order valence-corrected chi connectivity index (χ2v) is 6.50. The predicted octanol–water partition coefficient (Wildman–Crippen LogP) is 2.03. The van der Waals surface area contributed by atoms with Crippen LogP contribution in [-0.4, -0.2) is 57.3 Å². The molecule has 0 radical (unpaired) electrons. The van der Waals surface area contributed by atoms with Crippen molar-refractivity contribution in [1.82, 2.24) is 19.9 Å². The molecule has 2 rings (SSSR count). The van der Waals surface area contributed by atoms with Crippen LogP contribution in [0.2, 0.25) is 0 Å². The van der Waals surface area contributed by atoms with Crippen LogP contribution < -0.4 is 0 Å². The first kappa shape index (κ1) is 17.2. The zero-order valence-electron chi connectivity index (χ0n) is 14.1. The summed E-state index contributed by atoms with van der Waals surface area (Å²) >= 11 is 0. The van der Waals surface area contributed by atoms with Crippen LogP contribution in [0.3, 0.4) is 0 Å². The topological polar surface area (TPSA) is 86.5 Å². The van der Waals surface area contributed by atoms with Gasteiger partial charge in [0.2, 0.25) is 0 Å². The van der Waals surface area contributed by atoms with Crippen LogP contribution in [0.25, 0.3) is 0 Å². The Balaban J connectivity index is 1.89. The molecule has 0 saturated carbocycles. The number of piperidine rings is 1. The van der Waals surface area contributed by atoms with Crippen molar-refractivity contribution in [3.8, 4) is 0 Å². The Labute approximate surface area is 135 Å². The maximum absolute atomic E-state index is 12.0. The van der Waals surface area contributed by atoms with Crippen molar-refractivity contribution in [3.05, 3.63) is 11.9 Å². The van der Waals surface area contributed by atoms with Gasteiger partial charge in [-0.1, -0.05) is 5.21 Å². The van der Waals surface area contributed by atoms with Gasteiger partial charge in [-0.3, -0.25) is 0 Å². The highest BCUT2D eigenvalue weighted by Gasteiger charge is 2.28. The molecule has 128 valence electrons. The molecule has 8 heteroatoms. The summed E-state index contributed by atoms with van der Waals surface area (Å²) in [6.45, 7) is 8.79. The van der Waals surface area contributed by atoms with E-state index in [9.17, 15) is 9.59 Å². The highest BCUT2D eigenvalue weighted by atomic mass is 16.6. The van der Waals surface area contributed by atoms with Crippen molar-refractivity contribution in [1.29, 1.82) is 0 Å². The lowest BCUT2D eigenvalue weighted by atomic mass is 10.1. The van der Waals surface area contributed by atoms with Gasteiger partial charge in [-0.05, 0) is 40.5 Å². The summed E-state index contributed by atoms with van der Waals surface area (Å²) in [5, 5.41) is 7.85. The van der Waals surface area contributed by atoms with Gasteiger partial charge in [0.05, 0.1) is 18.8 Å². The van der Waals surface area contributed by atoms with Gasteiger partial charge in [0.1, 0.15) is 5.60 Å². The summed E-state index contributed by atoms with van der Waals surface area (Å²) in [5.74, 6) is -0.468. The third-order valence-electron chi connectivity index (χ3n) is 3.49. The summed E-state index contributed by atoms with van der Waals surface area (Å²) in [4.78, 5) is 25.3. The summed E-state index contributed by atoms with van der Waals surface area (Å²) in [6.07, 6.45) is 2.79. The fraction of sp³-hybridized carbons (Fsp3) is 0.733. The number of likely N-dealkylation sites (tertiary alicyclic amines) is 1. The first-order valence-corrected chi connectivity index (χ1v) is 7.87. The monoisotopic (exact) mass is 324 g/mol. The minimum Gasteiger partial charge on any atom is -0.461 e. The summed E-state index contributed by atoms with van der Waals surface area (Å²) in [6, 6.07) is 0.115. The number of amides is 1. The van der Waals surface area contributed by atoms with E-state index in [2.05, 4.69) is 10.3 Å². The molecule has 1 aliphatic heterocycles. The molecule has 0 spiro atoms. The minimum absolute atomic E-state index is 0.115. The maximum Gasteiger partial charge on any atom is 0.410 e. The molecule has 1 aromatic heterocycles. The SMILES string of the molecule is CCOC(=O)c1cn(C2CCN(C(=O)OC(C)(C)C)CC2)nn1. The van der Waals surface area contributed by atoms with Crippen LogP contribution >= 0.6 is 0 Å². The molecule has 1 saturated heterocycles. The number of carbonyl (C=O) groups excluding carboxylic acids is 2. The van der Waals surface area contributed by atoms with Crippen molar-refractivity contribution in [3.63, 3.8) is 0 Å². The molecule has 8 nitrogen and oxygen atoms in total. The van der Waals surface area contributed by atoms with Gasteiger partial charge in [-0.15, -0.1) is 5.10 Å². The van der Waals surface area contributed by atoms with Crippen molar-refractivity contribution in [2.45, 2.75) is 52.2 Å². The van der Waals surface area contributed by atoms with E-state index in [4.69, 9.17) is 9.47 Å². The fourth-order valence-corrected chi connectivity index (χ4v) is 2.39. The van der Waals surface area contributed by atoms with Crippen LogP contribution in [-0.2, 0) is 9.47 Å². The Kier molecular flexibility index (Phi) is 5.23. The molecule has 1 aliphatic rings. The largest absolute Gasteiger partial charge is 0.461 e. The Morgan fingerprint density at radius 2 is 1.96 bits per heavy atom. The summed E-state index contributed by atoms with van der Waals surface area (Å²) < 4.78 is 12.0. The van der Waals surface area contributed by atoms with Crippen molar-refractivity contribution in [2.24, 2.45) is 0 Å². The zero-order valence-corrected chi connectivity index (χ0v) is 14.1. The number of carbonyl (C=O) groups is 2. The fourth-order valence-electron chi connectivity index (χ4n) is 2.39. The lowest BCUT2D eigenvalue weighted by Gasteiger charge is -2.33. The number of esters is 1. The van der Waals surface area contributed by atoms with E-state index in [-0.39, 0.29) is 17.8 Å². The molecular weight excluding hydrogens is 300 g/mol. The average Bonchev–Trinajstić information content (AvgIpc) is 2.96. The van der Waals surface area contributed by atoms with Crippen molar-refractivity contribution < 1.29 is 19.1 Å². The normalized spacial score (nSPS) is 16.3. The third-order valence-corrected chi connectivity index (χ3v) is 3.49. The molecule has 0 bridgehead atoms. The Bertz CT molecular complexity index is 556. The quantitative estimate of drug-likeness (QED) is 0.791. The number of ether oxygens (including phenoxy) is 2. The van der Waals surface area contributed by atoms with Crippen molar-refractivity contribution >= 4 is 12.1 Å². The molecular formula is C15H24N4O4. The van der Waals surface area contributed by atoms with Gasteiger partial charge in [-0.25, -0.2) is 14.3 Å². The van der Waals surface area contributed by atoms with E-state index < -0.39 is 11.6 Å². The molecule has 1 fully saturated rings. The van der Waals surface area contributed by atoms with E-state index in [0.29, 0.717) is 19.7 Å². The zero-order chi connectivity index (χ0) is 17.0. The van der Waals surface area contributed by atoms with Crippen molar-refractivity contribution in [2.75, 3.05) is 19.7 Å². The Morgan fingerprint density at radius 1 is 1.30 bits per heavy atom.